The number of aromatic nitrogens is 3. The summed E-state index contributed by atoms with van der Waals surface area (Å²) in [5.74, 6) is 1.24. The van der Waals surface area contributed by atoms with Crippen molar-refractivity contribution in [1.82, 2.24) is 15.0 Å². The van der Waals surface area contributed by atoms with Crippen LogP contribution in [0.2, 0.25) is 0 Å². The molecular weight excluding hydrogens is 396 g/mol. The SMILES string of the molecule is C=C/C(=C\c1c(COC)ncnc1NC/C(=C/C(C)=C\C)C(C)CC)c1ccc(C)cn1. The zero-order chi connectivity index (χ0) is 23.5. The number of methoxy groups -OCH3 is 1. The molecule has 2 rings (SSSR count). The Morgan fingerprint density at radius 2 is 2.03 bits per heavy atom. The molecule has 5 nitrogen and oxygen atoms in total. The minimum atomic E-state index is 0.389. The van der Waals surface area contributed by atoms with Gasteiger partial charge in [-0.2, -0.15) is 0 Å². The van der Waals surface area contributed by atoms with Gasteiger partial charge in [0.25, 0.3) is 0 Å². The van der Waals surface area contributed by atoms with E-state index in [1.807, 2.05) is 37.4 Å². The molecule has 0 fully saturated rings. The molecule has 0 aliphatic carbocycles. The molecule has 2 aromatic heterocycles. The second kappa shape index (κ2) is 12.7. The third kappa shape index (κ3) is 6.99. The molecule has 0 saturated heterocycles. The second-order valence-corrected chi connectivity index (χ2v) is 7.96. The smallest absolute Gasteiger partial charge is 0.137 e. The van der Waals surface area contributed by atoms with Gasteiger partial charge in [0, 0.05) is 31.0 Å². The number of nitrogens with zero attached hydrogens (tertiary/aromatic N) is 3. The van der Waals surface area contributed by atoms with Crippen LogP contribution in [-0.4, -0.2) is 28.6 Å². The number of pyridine rings is 1. The first-order valence-electron chi connectivity index (χ1n) is 11.1. The summed E-state index contributed by atoms with van der Waals surface area (Å²) in [6.07, 6.45) is 12.7. The normalized spacial score (nSPS) is 13.8. The number of nitrogens with one attached hydrogen (secondary N) is 1. The van der Waals surface area contributed by atoms with Crippen molar-refractivity contribution in [3.8, 4) is 0 Å². The van der Waals surface area contributed by atoms with Crippen molar-refractivity contribution in [2.45, 2.75) is 47.6 Å². The Hall–Kier alpha value is -3.05. The predicted molar refractivity (Wildman–Crippen MR) is 135 cm³/mol. The van der Waals surface area contributed by atoms with Gasteiger partial charge in [-0.05, 0) is 56.4 Å². The van der Waals surface area contributed by atoms with E-state index in [9.17, 15) is 0 Å². The van der Waals surface area contributed by atoms with Crippen LogP contribution in [-0.2, 0) is 11.3 Å². The Morgan fingerprint density at radius 1 is 1.25 bits per heavy atom. The zero-order valence-electron chi connectivity index (χ0n) is 20.3. The maximum Gasteiger partial charge on any atom is 0.137 e. The monoisotopic (exact) mass is 432 g/mol. The van der Waals surface area contributed by atoms with E-state index in [1.165, 1.54) is 11.1 Å². The first-order chi connectivity index (χ1) is 15.4. The lowest BCUT2D eigenvalue weighted by Crippen LogP contribution is -2.14. The molecule has 0 aromatic carbocycles. The van der Waals surface area contributed by atoms with Gasteiger partial charge < -0.3 is 10.1 Å². The Balaban J connectivity index is 2.48. The Morgan fingerprint density at radius 3 is 2.62 bits per heavy atom. The lowest BCUT2D eigenvalue weighted by molar-refractivity contribution is 0.181. The third-order valence-electron chi connectivity index (χ3n) is 5.55. The van der Waals surface area contributed by atoms with Gasteiger partial charge in [0.2, 0.25) is 0 Å². The first kappa shape index (κ1) is 25.2. The van der Waals surface area contributed by atoms with Crippen molar-refractivity contribution in [1.29, 1.82) is 0 Å². The molecule has 0 radical (unpaired) electrons. The average Bonchev–Trinajstić information content (AvgIpc) is 2.81. The van der Waals surface area contributed by atoms with Crippen LogP contribution in [0.15, 0.2) is 60.6 Å². The summed E-state index contributed by atoms with van der Waals surface area (Å²) in [5, 5.41) is 3.55. The number of aryl methyl sites for hydroxylation is 1. The van der Waals surface area contributed by atoms with Crippen molar-refractivity contribution in [3.05, 3.63) is 83.1 Å². The summed E-state index contributed by atoms with van der Waals surface area (Å²) in [6.45, 7) is 15.8. The molecule has 0 saturated carbocycles. The number of anilines is 1. The molecule has 2 heterocycles. The van der Waals surface area contributed by atoms with E-state index in [0.29, 0.717) is 19.1 Å². The maximum atomic E-state index is 5.40. The molecule has 1 unspecified atom stereocenters. The van der Waals surface area contributed by atoms with E-state index in [4.69, 9.17) is 4.74 Å². The molecule has 0 spiro atoms. The summed E-state index contributed by atoms with van der Waals surface area (Å²) >= 11 is 0. The summed E-state index contributed by atoms with van der Waals surface area (Å²) in [4.78, 5) is 13.6. The van der Waals surface area contributed by atoms with Gasteiger partial charge in [-0.1, -0.05) is 50.3 Å². The summed E-state index contributed by atoms with van der Waals surface area (Å²) in [5.41, 5.74) is 7.17. The van der Waals surface area contributed by atoms with Gasteiger partial charge in [-0.15, -0.1) is 0 Å². The molecule has 170 valence electrons. The van der Waals surface area contributed by atoms with Gasteiger partial charge >= 0.3 is 0 Å². The van der Waals surface area contributed by atoms with Gasteiger partial charge in [-0.3, -0.25) is 4.98 Å². The van der Waals surface area contributed by atoms with Crippen molar-refractivity contribution in [2.24, 2.45) is 5.92 Å². The maximum absolute atomic E-state index is 5.40. The number of rotatable bonds is 11. The molecule has 1 atom stereocenters. The molecule has 1 N–H and O–H groups in total. The quantitative estimate of drug-likeness (QED) is 0.416. The lowest BCUT2D eigenvalue weighted by Gasteiger charge is -2.18. The molecule has 2 aromatic rings. The van der Waals surface area contributed by atoms with Gasteiger partial charge in [-0.25, -0.2) is 9.97 Å². The minimum Gasteiger partial charge on any atom is -0.378 e. The molecule has 0 bridgehead atoms. The highest BCUT2D eigenvalue weighted by Gasteiger charge is 2.13. The third-order valence-corrected chi connectivity index (χ3v) is 5.55. The van der Waals surface area contributed by atoms with Crippen molar-refractivity contribution in [3.63, 3.8) is 0 Å². The number of hydrogen-bond acceptors (Lipinski definition) is 5. The Kier molecular flexibility index (Phi) is 10.0. The van der Waals surface area contributed by atoms with Crippen molar-refractivity contribution >= 4 is 17.5 Å². The fourth-order valence-electron chi connectivity index (χ4n) is 3.20. The molecular formula is C27H36N4O. The number of hydrogen-bond donors (Lipinski definition) is 1. The van der Waals surface area contributed by atoms with Gasteiger partial charge in [0.15, 0.2) is 0 Å². The Bertz CT molecular complexity index is 987. The van der Waals surface area contributed by atoms with Crippen LogP contribution < -0.4 is 5.32 Å². The second-order valence-electron chi connectivity index (χ2n) is 7.96. The summed E-state index contributed by atoms with van der Waals surface area (Å²) in [6, 6.07) is 4.04. The van der Waals surface area contributed by atoms with E-state index in [-0.39, 0.29) is 0 Å². The number of allylic oxidation sites excluding steroid dienone is 5. The van der Waals surface area contributed by atoms with Crippen LogP contribution in [0, 0.1) is 12.8 Å². The standard InChI is InChI=1S/C27H36N4O/c1-8-19(4)13-23(21(6)9-2)16-29-27-24(26(17-32-7)30-18-31-27)14-22(10-3)25-12-11-20(5)15-28-25/h8,10-15,18,21H,3,9,16-17H2,1-2,4-7H3,(H,29,30,31)/b19-8-,22-14+,23-13-. The van der Waals surface area contributed by atoms with Crippen LogP contribution in [0.25, 0.3) is 11.6 Å². The molecule has 32 heavy (non-hydrogen) atoms. The van der Waals surface area contributed by atoms with E-state index in [1.54, 1.807) is 13.4 Å². The van der Waals surface area contributed by atoms with E-state index >= 15 is 0 Å². The topological polar surface area (TPSA) is 59.9 Å². The fourth-order valence-corrected chi connectivity index (χ4v) is 3.20. The first-order valence-corrected chi connectivity index (χ1v) is 11.1. The summed E-state index contributed by atoms with van der Waals surface area (Å²) in [7, 11) is 1.67. The van der Waals surface area contributed by atoms with Gasteiger partial charge in [0.1, 0.15) is 12.1 Å². The average molecular weight is 433 g/mol. The van der Waals surface area contributed by atoms with Crippen molar-refractivity contribution in [2.75, 3.05) is 19.0 Å². The molecule has 0 amide bonds. The van der Waals surface area contributed by atoms with Crippen LogP contribution >= 0.6 is 0 Å². The highest BCUT2D eigenvalue weighted by Crippen LogP contribution is 2.25. The molecule has 0 aliphatic rings. The van der Waals surface area contributed by atoms with E-state index in [2.05, 4.69) is 66.7 Å². The largest absolute Gasteiger partial charge is 0.378 e. The predicted octanol–water partition coefficient (Wildman–Crippen LogP) is 6.40. The number of ether oxygens (including phenoxy) is 1. The van der Waals surface area contributed by atoms with Crippen LogP contribution in [0.1, 0.15) is 56.6 Å². The minimum absolute atomic E-state index is 0.389. The van der Waals surface area contributed by atoms with Crippen LogP contribution in [0.4, 0.5) is 5.82 Å². The highest BCUT2D eigenvalue weighted by atomic mass is 16.5. The molecule has 0 aliphatic heterocycles. The van der Waals surface area contributed by atoms with Crippen LogP contribution in [0.3, 0.4) is 0 Å². The van der Waals surface area contributed by atoms with Gasteiger partial charge in [0.05, 0.1) is 18.0 Å². The Labute approximate surface area is 193 Å². The van der Waals surface area contributed by atoms with E-state index < -0.39 is 0 Å². The van der Waals surface area contributed by atoms with Crippen LogP contribution in [0.5, 0.6) is 0 Å². The summed E-state index contributed by atoms with van der Waals surface area (Å²) < 4.78 is 5.40. The van der Waals surface area contributed by atoms with E-state index in [0.717, 1.165) is 40.3 Å². The molecule has 5 heteroatoms. The van der Waals surface area contributed by atoms with Crippen molar-refractivity contribution < 1.29 is 4.74 Å². The fraction of sp³-hybridized carbons (Fsp3) is 0.370. The zero-order valence-corrected chi connectivity index (χ0v) is 20.3. The lowest BCUT2D eigenvalue weighted by atomic mass is 9.96. The highest BCUT2D eigenvalue weighted by molar-refractivity contribution is 5.88.